The third kappa shape index (κ3) is 3.37. The van der Waals surface area contributed by atoms with E-state index in [1.165, 1.54) is 0 Å². The molecular formula is C11H12ClNO. The molecule has 0 aromatic heterocycles. The Kier molecular flexibility index (Phi) is 4.45. The molecule has 0 saturated heterocycles. The molecule has 2 atom stereocenters. The molecule has 0 aliphatic rings. The number of benzene rings is 1. The van der Waals surface area contributed by atoms with Crippen LogP contribution in [0.25, 0.3) is 0 Å². The van der Waals surface area contributed by atoms with Gasteiger partial charge >= 0.3 is 0 Å². The van der Waals surface area contributed by atoms with Crippen LogP contribution < -0.4 is 0 Å². The van der Waals surface area contributed by atoms with Crippen LogP contribution in [-0.4, -0.2) is 12.0 Å². The van der Waals surface area contributed by atoms with Crippen molar-refractivity contribution < 1.29 is 4.74 Å². The highest BCUT2D eigenvalue weighted by Gasteiger charge is 2.08. The Balaban J connectivity index is 2.44. The summed E-state index contributed by atoms with van der Waals surface area (Å²) in [5.41, 5.74) is 1.09. The monoisotopic (exact) mass is 209 g/mol. The quantitative estimate of drug-likeness (QED) is 0.715. The summed E-state index contributed by atoms with van der Waals surface area (Å²) in [6.45, 7) is 2.20. The van der Waals surface area contributed by atoms with E-state index in [0.717, 1.165) is 5.56 Å². The van der Waals surface area contributed by atoms with Crippen molar-refractivity contribution in [3.8, 4) is 6.07 Å². The van der Waals surface area contributed by atoms with Crippen molar-refractivity contribution in [2.24, 2.45) is 0 Å². The lowest BCUT2D eigenvalue weighted by atomic mass is 10.1. The minimum atomic E-state index is -0.568. The molecule has 3 heteroatoms. The molecule has 0 aliphatic carbocycles. The molecule has 0 fully saturated rings. The van der Waals surface area contributed by atoms with E-state index in [2.05, 4.69) is 0 Å². The number of rotatable bonds is 4. The summed E-state index contributed by atoms with van der Waals surface area (Å²) in [4.78, 5) is 0. The van der Waals surface area contributed by atoms with Gasteiger partial charge in [0.05, 0.1) is 18.8 Å². The van der Waals surface area contributed by atoms with Crippen LogP contribution in [-0.2, 0) is 4.74 Å². The van der Waals surface area contributed by atoms with Gasteiger partial charge in [0, 0.05) is 0 Å². The number of nitriles is 1. The maximum Gasteiger partial charge on any atom is 0.143 e. The van der Waals surface area contributed by atoms with Crippen LogP contribution in [0.3, 0.4) is 0 Å². The normalized spacial score (nSPS) is 14.4. The largest absolute Gasteiger partial charge is 0.371 e. The van der Waals surface area contributed by atoms with E-state index in [-0.39, 0.29) is 12.7 Å². The van der Waals surface area contributed by atoms with Crippen LogP contribution in [0.5, 0.6) is 0 Å². The molecule has 74 valence electrons. The molecule has 0 amide bonds. The second-order valence-electron chi connectivity index (χ2n) is 2.98. The van der Waals surface area contributed by atoms with Gasteiger partial charge in [-0.1, -0.05) is 30.3 Å². The fraction of sp³-hybridized carbons (Fsp3) is 0.364. The second-order valence-corrected chi connectivity index (χ2v) is 3.51. The predicted octanol–water partition coefficient (Wildman–Crippen LogP) is 2.90. The summed E-state index contributed by atoms with van der Waals surface area (Å²) in [5.74, 6) is 0. The summed E-state index contributed by atoms with van der Waals surface area (Å²) in [6, 6.07) is 11.8. The summed E-state index contributed by atoms with van der Waals surface area (Å²) < 4.78 is 5.43. The van der Waals surface area contributed by atoms with Gasteiger partial charge in [-0.05, 0) is 12.5 Å². The van der Waals surface area contributed by atoms with Crippen LogP contribution in [0.1, 0.15) is 18.6 Å². The average molecular weight is 210 g/mol. The lowest BCUT2D eigenvalue weighted by Crippen LogP contribution is -2.09. The molecule has 0 spiro atoms. The lowest BCUT2D eigenvalue weighted by molar-refractivity contribution is 0.0714. The van der Waals surface area contributed by atoms with Gasteiger partial charge in [0.2, 0.25) is 0 Å². The van der Waals surface area contributed by atoms with E-state index >= 15 is 0 Å². The van der Waals surface area contributed by atoms with Crippen LogP contribution in [0.2, 0.25) is 0 Å². The Morgan fingerprint density at radius 3 is 2.64 bits per heavy atom. The number of hydrogen-bond donors (Lipinski definition) is 0. The molecular weight excluding hydrogens is 198 g/mol. The van der Waals surface area contributed by atoms with E-state index in [0.29, 0.717) is 0 Å². The van der Waals surface area contributed by atoms with E-state index in [1.807, 2.05) is 43.3 Å². The van der Waals surface area contributed by atoms with Gasteiger partial charge in [0.1, 0.15) is 5.38 Å². The molecule has 0 aliphatic heterocycles. The maximum absolute atomic E-state index is 8.46. The Morgan fingerprint density at radius 2 is 2.07 bits per heavy atom. The first-order valence-electron chi connectivity index (χ1n) is 4.44. The van der Waals surface area contributed by atoms with Gasteiger partial charge in [-0.3, -0.25) is 0 Å². The number of hydrogen-bond acceptors (Lipinski definition) is 2. The van der Waals surface area contributed by atoms with Crippen molar-refractivity contribution in [2.75, 3.05) is 6.61 Å². The van der Waals surface area contributed by atoms with E-state index in [1.54, 1.807) is 0 Å². The van der Waals surface area contributed by atoms with Crippen LogP contribution in [0.4, 0.5) is 0 Å². The number of halogens is 1. The highest BCUT2D eigenvalue weighted by Crippen LogP contribution is 2.16. The van der Waals surface area contributed by atoms with Crippen LogP contribution >= 0.6 is 11.6 Å². The number of nitrogens with zero attached hydrogens (tertiary/aromatic N) is 1. The topological polar surface area (TPSA) is 33.0 Å². The van der Waals surface area contributed by atoms with E-state index in [9.17, 15) is 0 Å². The van der Waals surface area contributed by atoms with Gasteiger partial charge in [-0.2, -0.15) is 5.26 Å². The zero-order valence-electron chi connectivity index (χ0n) is 7.98. The van der Waals surface area contributed by atoms with Crippen molar-refractivity contribution in [2.45, 2.75) is 18.4 Å². The van der Waals surface area contributed by atoms with Crippen molar-refractivity contribution in [1.82, 2.24) is 0 Å². The van der Waals surface area contributed by atoms with Crippen molar-refractivity contribution in [1.29, 1.82) is 5.26 Å². The fourth-order valence-electron chi connectivity index (χ4n) is 1.09. The smallest absolute Gasteiger partial charge is 0.143 e. The Hall–Kier alpha value is -1.04. The first kappa shape index (κ1) is 11.0. The Bertz CT molecular complexity index is 307. The van der Waals surface area contributed by atoms with Crippen LogP contribution in [0.15, 0.2) is 30.3 Å². The van der Waals surface area contributed by atoms with Gasteiger partial charge < -0.3 is 4.74 Å². The van der Waals surface area contributed by atoms with Crippen molar-refractivity contribution in [3.63, 3.8) is 0 Å². The summed E-state index contributed by atoms with van der Waals surface area (Å²) in [7, 11) is 0. The highest BCUT2D eigenvalue weighted by molar-refractivity contribution is 6.22. The molecule has 2 unspecified atom stereocenters. The molecule has 14 heavy (non-hydrogen) atoms. The summed E-state index contributed by atoms with van der Waals surface area (Å²) >= 11 is 5.61. The third-order valence-corrected chi connectivity index (χ3v) is 2.13. The van der Waals surface area contributed by atoms with Gasteiger partial charge in [-0.25, -0.2) is 0 Å². The standard InChI is InChI=1S/C11H12ClNO/c1-9(14-8-11(12)7-13)10-5-3-2-4-6-10/h2-6,9,11H,8H2,1H3. The molecule has 0 saturated carbocycles. The SMILES string of the molecule is CC(OCC(Cl)C#N)c1ccccc1. The van der Waals surface area contributed by atoms with Crippen molar-refractivity contribution in [3.05, 3.63) is 35.9 Å². The Morgan fingerprint density at radius 1 is 1.43 bits per heavy atom. The van der Waals surface area contributed by atoms with Crippen LogP contribution in [0, 0.1) is 11.3 Å². The molecule has 0 bridgehead atoms. The molecule has 1 aromatic carbocycles. The van der Waals surface area contributed by atoms with Crippen molar-refractivity contribution >= 4 is 11.6 Å². The third-order valence-electron chi connectivity index (χ3n) is 1.90. The zero-order valence-corrected chi connectivity index (χ0v) is 8.74. The zero-order chi connectivity index (χ0) is 10.4. The van der Waals surface area contributed by atoms with Gasteiger partial charge in [0.25, 0.3) is 0 Å². The number of alkyl halides is 1. The highest BCUT2D eigenvalue weighted by atomic mass is 35.5. The molecule has 1 rings (SSSR count). The first-order chi connectivity index (χ1) is 6.74. The second kappa shape index (κ2) is 5.64. The lowest BCUT2D eigenvalue weighted by Gasteiger charge is -2.13. The van der Waals surface area contributed by atoms with E-state index in [4.69, 9.17) is 21.6 Å². The minimum Gasteiger partial charge on any atom is -0.371 e. The first-order valence-corrected chi connectivity index (χ1v) is 4.88. The Labute approximate surface area is 89.1 Å². The fourth-order valence-corrected chi connectivity index (χ4v) is 1.16. The molecule has 1 aromatic rings. The predicted molar refractivity (Wildman–Crippen MR) is 56.1 cm³/mol. The average Bonchev–Trinajstić information content (AvgIpc) is 2.26. The molecule has 2 nitrogen and oxygen atoms in total. The summed E-state index contributed by atoms with van der Waals surface area (Å²) in [6.07, 6.45) is -0.0224. The maximum atomic E-state index is 8.46. The molecule has 0 N–H and O–H groups in total. The minimum absolute atomic E-state index is 0.0224. The summed E-state index contributed by atoms with van der Waals surface area (Å²) in [5, 5.41) is 7.89. The molecule has 0 radical (unpaired) electrons. The van der Waals surface area contributed by atoms with Gasteiger partial charge in [-0.15, -0.1) is 11.6 Å². The van der Waals surface area contributed by atoms with E-state index < -0.39 is 5.38 Å². The molecule has 0 heterocycles. The number of ether oxygens (including phenoxy) is 1. The van der Waals surface area contributed by atoms with Gasteiger partial charge in [0.15, 0.2) is 0 Å².